The Morgan fingerprint density at radius 3 is 3.04 bits per heavy atom. The van der Waals surface area contributed by atoms with E-state index in [4.69, 9.17) is 0 Å². The van der Waals surface area contributed by atoms with E-state index in [-0.39, 0.29) is 17.9 Å². The van der Waals surface area contributed by atoms with Gasteiger partial charge in [-0.25, -0.2) is 0 Å². The van der Waals surface area contributed by atoms with Crippen LogP contribution in [-0.4, -0.2) is 28.2 Å². The Kier molecular flexibility index (Phi) is 4.55. The molecule has 2 atom stereocenters. The van der Waals surface area contributed by atoms with E-state index in [0.717, 1.165) is 32.2 Å². The summed E-state index contributed by atoms with van der Waals surface area (Å²) in [7, 11) is 0. The Bertz CT molecular complexity index is 793. The van der Waals surface area contributed by atoms with Crippen LogP contribution in [0.5, 0.6) is 0 Å². The maximum absolute atomic E-state index is 12.4. The van der Waals surface area contributed by atoms with Crippen LogP contribution < -0.4 is 5.32 Å². The van der Waals surface area contributed by atoms with Crippen LogP contribution in [0.4, 0.5) is 0 Å². The summed E-state index contributed by atoms with van der Waals surface area (Å²) in [6.45, 7) is 3.99. The minimum Gasteiger partial charge on any atom is -0.393 e. The van der Waals surface area contributed by atoms with Gasteiger partial charge in [0.15, 0.2) is 0 Å². The van der Waals surface area contributed by atoms with Gasteiger partial charge in [0, 0.05) is 30.1 Å². The molecule has 0 radical (unpaired) electrons. The van der Waals surface area contributed by atoms with Crippen molar-refractivity contribution < 1.29 is 9.90 Å². The summed E-state index contributed by atoms with van der Waals surface area (Å²) in [5.41, 5.74) is 5.59. The molecule has 1 aliphatic carbocycles. The SMILES string of the molecule is Cc1c(CCNC(=O)[C@H]2CCC[C@@H](O)C2)c2cccc3c2n1CCC3. The average molecular weight is 340 g/mol. The number of carbonyl (C=O) groups is 1. The Hall–Kier alpha value is -1.81. The van der Waals surface area contributed by atoms with Crippen LogP contribution in [0.25, 0.3) is 10.9 Å². The van der Waals surface area contributed by atoms with E-state index < -0.39 is 0 Å². The van der Waals surface area contributed by atoms with Crippen LogP contribution in [-0.2, 0) is 24.2 Å². The lowest BCUT2D eigenvalue weighted by Crippen LogP contribution is -2.36. The fourth-order valence-electron chi connectivity index (χ4n) is 4.76. The van der Waals surface area contributed by atoms with Crippen LogP contribution in [0.2, 0.25) is 0 Å². The minimum atomic E-state index is -0.301. The molecule has 0 spiro atoms. The normalized spacial score (nSPS) is 23.0. The second-order valence-electron chi connectivity index (χ2n) is 7.69. The Morgan fingerprint density at radius 1 is 1.32 bits per heavy atom. The van der Waals surface area contributed by atoms with Crippen molar-refractivity contribution in [3.63, 3.8) is 0 Å². The van der Waals surface area contributed by atoms with Gasteiger partial charge in [-0.3, -0.25) is 4.79 Å². The van der Waals surface area contributed by atoms with Crippen molar-refractivity contribution in [2.45, 2.75) is 64.5 Å². The topological polar surface area (TPSA) is 54.3 Å². The zero-order valence-corrected chi connectivity index (χ0v) is 15.1. The molecule has 25 heavy (non-hydrogen) atoms. The summed E-state index contributed by atoms with van der Waals surface area (Å²) in [4.78, 5) is 12.4. The van der Waals surface area contributed by atoms with Crippen LogP contribution in [0.1, 0.15) is 48.9 Å². The molecule has 2 N–H and O–H groups in total. The van der Waals surface area contributed by atoms with Crippen LogP contribution in [0, 0.1) is 12.8 Å². The third-order valence-electron chi connectivity index (χ3n) is 6.08. The van der Waals surface area contributed by atoms with Gasteiger partial charge in [-0.15, -0.1) is 0 Å². The molecule has 0 bridgehead atoms. The van der Waals surface area contributed by atoms with Gasteiger partial charge in [0.25, 0.3) is 0 Å². The number of nitrogens with zero attached hydrogens (tertiary/aromatic N) is 1. The number of rotatable bonds is 4. The average Bonchev–Trinajstić information content (AvgIpc) is 2.90. The molecule has 0 saturated heterocycles. The highest BCUT2D eigenvalue weighted by Gasteiger charge is 2.26. The molecule has 4 heteroatoms. The first-order valence-corrected chi connectivity index (χ1v) is 9.70. The van der Waals surface area contributed by atoms with E-state index in [2.05, 4.69) is 35.0 Å². The summed E-state index contributed by atoms with van der Waals surface area (Å²) in [6, 6.07) is 6.64. The van der Waals surface area contributed by atoms with Gasteiger partial charge in [0.2, 0.25) is 5.91 Å². The summed E-state index contributed by atoms with van der Waals surface area (Å²) in [5, 5.41) is 14.2. The smallest absolute Gasteiger partial charge is 0.223 e. The van der Waals surface area contributed by atoms with Gasteiger partial charge in [0.05, 0.1) is 11.6 Å². The van der Waals surface area contributed by atoms with Crippen LogP contribution in [0.3, 0.4) is 0 Å². The molecule has 1 saturated carbocycles. The second kappa shape index (κ2) is 6.83. The van der Waals surface area contributed by atoms with Gasteiger partial charge < -0.3 is 15.0 Å². The molecular formula is C21H28N2O2. The minimum absolute atomic E-state index is 0.0140. The standard InChI is InChI=1S/C21H28N2O2/c1-14-18(10-11-22-21(25)16-6-2-8-17(24)13-16)19-9-3-5-15-7-4-12-23(14)20(15)19/h3,5,9,16-17,24H,2,4,6-8,10-13H2,1H3,(H,22,25)/t16-,17+/m0/s1. The zero-order chi connectivity index (χ0) is 17.4. The lowest BCUT2D eigenvalue weighted by Gasteiger charge is -2.24. The summed E-state index contributed by atoms with van der Waals surface area (Å²) >= 11 is 0. The zero-order valence-electron chi connectivity index (χ0n) is 15.1. The molecule has 1 fully saturated rings. The van der Waals surface area contributed by atoms with E-state index >= 15 is 0 Å². The predicted octanol–water partition coefficient (Wildman–Crippen LogP) is 3.11. The quantitative estimate of drug-likeness (QED) is 0.898. The fraction of sp³-hybridized carbons (Fsp3) is 0.571. The Labute approximate surface area is 149 Å². The number of benzene rings is 1. The highest BCUT2D eigenvalue weighted by molar-refractivity contribution is 5.89. The Balaban J connectivity index is 1.46. The van der Waals surface area contributed by atoms with Crippen molar-refractivity contribution >= 4 is 16.8 Å². The number of aryl methyl sites for hydroxylation is 2. The number of para-hydroxylation sites is 1. The summed E-state index contributed by atoms with van der Waals surface area (Å²) in [6.07, 6.45) is 6.27. The third kappa shape index (κ3) is 3.08. The monoisotopic (exact) mass is 340 g/mol. The first-order chi connectivity index (χ1) is 12.1. The maximum atomic E-state index is 12.4. The highest BCUT2D eigenvalue weighted by Crippen LogP contribution is 2.32. The third-order valence-corrected chi connectivity index (χ3v) is 6.08. The summed E-state index contributed by atoms with van der Waals surface area (Å²) in [5.74, 6) is 0.102. The molecule has 2 aliphatic rings. The molecule has 1 aromatic heterocycles. The van der Waals surface area contributed by atoms with Crippen molar-refractivity contribution in [3.8, 4) is 0 Å². The Morgan fingerprint density at radius 2 is 2.20 bits per heavy atom. The number of aliphatic hydroxyl groups is 1. The van der Waals surface area contributed by atoms with Gasteiger partial charge in [0.1, 0.15) is 0 Å². The van der Waals surface area contributed by atoms with Crippen molar-refractivity contribution in [3.05, 3.63) is 35.0 Å². The molecule has 1 amide bonds. The highest BCUT2D eigenvalue weighted by atomic mass is 16.3. The molecular weight excluding hydrogens is 312 g/mol. The molecule has 1 aromatic carbocycles. The van der Waals surface area contributed by atoms with E-state index in [0.29, 0.717) is 13.0 Å². The molecule has 2 heterocycles. The number of carbonyl (C=O) groups excluding carboxylic acids is 1. The van der Waals surface area contributed by atoms with E-state index in [1.165, 1.54) is 40.6 Å². The van der Waals surface area contributed by atoms with E-state index in [1.807, 2.05) is 0 Å². The van der Waals surface area contributed by atoms with Crippen LogP contribution in [0.15, 0.2) is 18.2 Å². The first kappa shape index (κ1) is 16.6. The van der Waals surface area contributed by atoms with Crippen molar-refractivity contribution in [1.82, 2.24) is 9.88 Å². The number of amides is 1. The van der Waals surface area contributed by atoms with Crippen molar-refractivity contribution in [2.24, 2.45) is 5.92 Å². The van der Waals surface area contributed by atoms with E-state index in [9.17, 15) is 9.90 Å². The molecule has 2 aromatic rings. The molecule has 4 nitrogen and oxygen atoms in total. The number of hydrogen-bond acceptors (Lipinski definition) is 2. The number of aliphatic hydroxyl groups excluding tert-OH is 1. The predicted molar refractivity (Wildman–Crippen MR) is 99.7 cm³/mol. The van der Waals surface area contributed by atoms with E-state index in [1.54, 1.807) is 0 Å². The van der Waals surface area contributed by atoms with Crippen molar-refractivity contribution in [1.29, 1.82) is 0 Å². The molecule has 134 valence electrons. The van der Waals surface area contributed by atoms with Gasteiger partial charge in [-0.1, -0.05) is 24.6 Å². The molecule has 1 aliphatic heterocycles. The van der Waals surface area contributed by atoms with Crippen molar-refractivity contribution in [2.75, 3.05) is 6.54 Å². The maximum Gasteiger partial charge on any atom is 0.223 e. The van der Waals surface area contributed by atoms with Gasteiger partial charge >= 0.3 is 0 Å². The second-order valence-corrected chi connectivity index (χ2v) is 7.69. The number of aromatic nitrogens is 1. The molecule has 4 rings (SSSR count). The fourth-order valence-corrected chi connectivity index (χ4v) is 4.76. The van der Waals surface area contributed by atoms with Gasteiger partial charge in [-0.05, 0) is 56.6 Å². The lowest BCUT2D eigenvalue weighted by molar-refractivity contribution is -0.127. The summed E-state index contributed by atoms with van der Waals surface area (Å²) < 4.78 is 2.46. The molecule has 0 unspecified atom stereocenters. The van der Waals surface area contributed by atoms with Crippen LogP contribution >= 0.6 is 0 Å². The van der Waals surface area contributed by atoms with Gasteiger partial charge in [-0.2, -0.15) is 0 Å². The number of hydrogen-bond donors (Lipinski definition) is 2. The lowest BCUT2D eigenvalue weighted by atomic mass is 9.86. The number of nitrogens with one attached hydrogen (secondary N) is 1. The largest absolute Gasteiger partial charge is 0.393 e. The first-order valence-electron chi connectivity index (χ1n) is 9.70.